The predicted octanol–water partition coefficient (Wildman–Crippen LogP) is -2.49. The van der Waals surface area contributed by atoms with Crippen molar-refractivity contribution < 1.29 is 27.4 Å². The van der Waals surface area contributed by atoms with Gasteiger partial charge in [0.1, 0.15) is 6.33 Å². The van der Waals surface area contributed by atoms with Gasteiger partial charge in [0.15, 0.2) is 0 Å². The minimum absolute atomic E-state index is 0.927. The van der Waals surface area contributed by atoms with Crippen LogP contribution in [-0.2, 0) is 0 Å². The first-order chi connectivity index (χ1) is 5.66. The second-order valence-electron chi connectivity index (χ2n) is 1.68. The summed E-state index contributed by atoms with van der Waals surface area (Å²) in [7, 11) is 0. The highest BCUT2D eigenvalue weighted by Gasteiger charge is 1.86. The fourth-order valence-electron chi connectivity index (χ4n) is 0.535. The lowest BCUT2D eigenvalue weighted by atomic mass is 10.8. The van der Waals surface area contributed by atoms with Gasteiger partial charge in [0.25, 0.3) is 0 Å². The number of rotatable bonds is 2. The summed E-state index contributed by atoms with van der Waals surface area (Å²) in [4.78, 5) is 3.84. The Bertz CT molecular complexity index is 177. The third kappa shape index (κ3) is 7.48. The minimum Gasteiger partial charge on any atom is -0.372 e. The van der Waals surface area contributed by atoms with E-state index < -0.39 is 14.8 Å². The Morgan fingerprint density at radius 2 is 2.25 bits per heavy atom. The lowest BCUT2D eigenvalue weighted by Gasteiger charge is -1.99. The molecule has 7 heteroatoms. The zero-order valence-corrected chi connectivity index (χ0v) is 8.06. The first-order valence-electron chi connectivity index (χ1n) is 3.13. The normalized spacial score (nSPS) is 9.08. The third-order valence-corrected chi connectivity index (χ3v) is 0.845. The van der Waals surface area contributed by atoms with Crippen molar-refractivity contribution in [3.63, 3.8) is 0 Å². The zero-order chi connectivity index (χ0) is 9.40. The molecule has 0 saturated heterocycles. The molecule has 0 unspecified atom stereocenters. The van der Waals surface area contributed by atoms with E-state index in [2.05, 4.69) is 10.4 Å². The molecule has 0 aliphatic heterocycles. The molecule has 1 heterocycles. The maximum absolute atomic E-state index is 8.63. The Hall–Kier alpha value is -0.630. The summed E-state index contributed by atoms with van der Waals surface area (Å²) in [6.07, 6.45) is 5.33. The largest absolute Gasteiger partial charge is 0.433 e. The SMILES string of the molecule is CCNn1ccnc1.[O-][Br+2]([O-])O. The molecule has 6 nitrogen and oxygen atoms in total. The molecule has 0 bridgehead atoms. The topological polar surface area (TPSA) is 96.2 Å². The van der Waals surface area contributed by atoms with Gasteiger partial charge in [0, 0.05) is 18.9 Å². The van der Waals surface area contributed by atoms with Crippen LogP contribution in [-0.4, -0.2) is 20.4 Å². The standard InChI is InChI=1S/C5H9N3.BrHO3/c1-2-7-8-4-3-6-5-8;2-1(3)4/h3-5,7H,2H2,1H3;2H. The van der Waals surface area contributed by atoms with Gasteiger partial charge < -0.3 is 13.8 Å². The van der Waals surface area contributed by atoms with Crippen molar-refractivity contribution in [2.45, 2.75) is 6.92 Å². The van der Waals surface area contributed by atoms with Crippen LogP contribution in [0.1, 0.15) is 6.92 Å². The van der Waals surface area contributed by atoms with Gasteiger partial charge in [-0.1, -0.05) is 0 Å². The number of halogens is 1. The molecule has 0 aromatic carbocycles. The van der Waals surface area contributed by atoms with Crippen LogP contribution in [0.25, 0.3) is 0 Å². The van der Waals surface area contributed by atoms with Crippen molar-refractivity contribution in [3.8, 4) is 0 Å². The summed E-state index contributed by atoms with van der Waals surface area (Å²) in [5.41, 5.74) is 3.04. The molecule has 0 amide bonds. The number of nitrogens with one attached hydrogen (secondary N) is 1. The molecule has 1 aromatic rings. The highest BCUT2D eigenvalue weighted by atomic mass is 80.0. The summed E-state index contributed by atoms with van der Waals surface area (Å²) in [6, 6.07) is 0. The van der Waals surface area contributed by atoms with Gasteiger partial charge in [0.2, 0.25) is 0 Å². The Labute approximate surface area is 75.3 Å². The summed E-state index contributed by atoms with van der Waals surface area (Å²) < 4.78 is 26.1. The molecule has 70 valence electrons. The fraction of sp³-hybridized carbons (Fsp3) is 0.400. The Morgan fingerprint density at radius 3 is 2.58 bits per heavy atom. The van der Waals surface area contributed by atoms with Crippen LogP contribution in [0.3, 0.4) is 0 Å². The van der Waals surface area contributed by atoms with Crippen molar-refractivity contribution in [2.75, 3.05) is 12.0 Å². The number of nitrogens with zero attached hydrogens (tertiary/aromatic N) is 2. The molecule has 1 aromatic heterocycles. The average molecular weight is 240 g/mol. The van der Waals surface area contributed by atoms with E-state index in [1.165, 1.54) is 0 Å². The molecule has 0 aliphatic rings. The Balaban J connectivity index is 0.000000261. The van der Waals surface area contributed by atoms with Gasteiger partial charge in [-0.25, -0.2) is 4.98 Å². The van der Waals surface area contributed by atoms with Crippen molar-refractivity contribution >= 4 is 0 Å². The second-order valence-corrected chi connectivity index (χ2v) is 2.53. The maximum atomic E-state index is 8.63. The van der Waals surface area contributed by atoms with E-state index in [1.807, 2.05) is 17.8 Å². The first-order valence-corrected chi connectivity index (χ1v) is 5.13. The quantitative estimate of drug-likeness (QED) is 0.596. The van der Waals surface area contributed by atoms with E-state index in [9.17, 15) is 0 Å². The van der Waals surface area contributed by atoms with E-state index in [-0.39, 0.29) is 0 Å². The summed E-state index contributed by atoms with van der Waals surface area (Å²) >= 11 is -3.40. The monoisotopic (exact) mass is 239 g/mol. The molecule has 0 spiro atoms. The smallest absolute Gasteiger partial charge is 0.372 e. The highest BCUT2D eigenvalue weighted by Crippen LogP contribution is 1.76. The van der Waals surface area contributed by atoms with Gasteiger partial charge in [-0.15, -0.1) is 0 Å². The van der Waals surface area contributed by atoms with Crippen LogP contribution in [0.15, 0.2) is 18.7 Å². The van der Waals surface area contributed by atoms with E-state index in [1.54, 1.807) is 12.5 Å². The number of hydrogen-bond donors (Lipinski definition) is 2. The van der Waals surface area contributed by atoms with Crippen LogP contribution in [0.5, 0.6) is 0 Å². The predicted molar refractivity (Wildman–Crippen MR) is 34.3 cm³/mol. The van der Waals surface area contributed by atoms with Crippen LogP contribution < -0.4 is 13.8 Å². The number of aromatic nitrogens is 2. The number of imidazole rings is 1. The van der Waals surface area contributed by atoms with Gasteiger partial charge in [0.05, 0.1) is 0 Å². The molecule has 0 aliphatic carbocycles. The molecule has 12 heavy (non-hydrogen) atoms. The highest BCUT2D eigenvalue weighted by molar-refractivity contribution is 4.78. The third-order valence-electron chi connectivity index (χ3n) is 0.845. The van der Waals surface area contributed by atoms with E-state index in [0.717, 1.165) is 6.54 Å². The Kier molecular flexibility index (Phi) is 6.67. The second kappa shape index (κ2) is 7.04. The van der Waals surface area contributed by atoms with Crippen molar-refractivity contribution in [1.82, 2.24) is 9.66 Å². The summed E-state index contributed by atoms with van der Waals surface area (Å²) in [5, 5.41) is 0. The molecule has 0 fully saturated rings. The zero-order valence-electron chi connectivity index (χ0n) is 6.48. The molecule has 0 atom stereocenters. The van der Waals surface area contributed by atoms with Crippen molar-refractivity contribution in [3.05, 3.63) is 18.7 Å². The van der Waals surface area contributed by atoms with Gasteiger partial charge in [-0.3, -0.25) is 4.68 Å². The lowest BCUT2D eigenvalue weighted by molar-refractivity contribution is -1.63. The maximum Gasteiger partial charge on any atom is 0.433 e. The molecular formula is C5H10BrN3O3. The van der Waals surface area contributed by atoms with E-state index >= 15 is 0 Å². The summed E-state index contributed by atoms with van der Waals surface area (Å²) in [5.74, 6) is 0. The van der Waals surface area contributed by atoms with Crippen molar-refractivity contribution in [2.24, 2.45) is 0 Å². The minimum atomic E-state index is -3.40. The molecule has 2 N–H and O–H groups in total. The average Bonchev–Trinajstić information content (AvgIpc) is 2.39. The van der Waals surface area contributed by atoms with E-state index in [4.69, 9.17) is 12.6 Å². The first kappa shape index (κ1) is 11.4. The van der Waals surface area contributed by atoms with Gasteiger partial charge in [-0.2, -0.15) is 0 Å². The molecule has 0 radical (unpaired) electrons. The molecule has 1 rings (SSSR count). The van der Waals surface area contributed by atoms with E-state index in [0.29, 0.717) is 0 Å². The van der Waals surface area contributed by atoms with Gasteiger partial charge in [-0.05, 0) is 11.1 Å². The molecular weight excluding hydrogens is 230 g/mol. The number of hydrogen-bond acceptors (Lipinski definition) is 5. The Morgan fingerprint density at radius 1 is 1.67 bits per heavy atom. The fourth-order valence-corrected chi connectivity index (χ4v) is 0.535. The van der Waals surface area contributed by atoms with Crippen LogP contribution in [0.4, 0.5) is 0 Å². The lowest BCUT2D eigenvalue weighted by Crippen LogP contribution is -2.30. The van der Waals surface area contributed by atoms with Crippen LogP contribution >= 0.6 is 0 Å². The molecule has 0 saturated carbocycles. The van der Waals surface area contributed by atoms with Gasteiger partial charge >= 0.3 is 14.8 Å². The van der Waals surface area contributed by atoms with Crippen LogP contribution in [0, 0.1) is 14.8 Å². The van der Waals surface area contributed by atoms with Crippen molar-refractivity contribution in [1.29, 1.82) is 0 Å². The van der Waals surface area contributed by atoms with Crippen LogP contribution in [0.2, 0.25) is 0 Å². The summed E-state index contributed by atoms with van der Waals surface area (Å²) in [6.45, 7) is 2.97.